The lowest BCUT2D eigenvalue weighted by Crippen LogP contribution is -2.06. The second-order valence-corrected chi connectivity index (χ2v) is 17.6. The molecular formula is C63H48N2. The van der Waals surface area contributed by atoms with Gasteiger partial charge in [-0.05, 0) is 111 Å². The lowest BCUT2D eigenvalue weighted by molar-refractivity contribution is 0.837. The van der Waals surface area contributed by atoms with Crippen LogP contribution in [-0.2, 0) is 6.42 Å². The minimum atomic E-state index is 0.296. The van der Waals surface area contributed by atoms with Crippen LogP contribution in [0.4, 0.5) is 0 Å². The summed E-state index contributed by atoms with van der Waals surface area (Å²) in [6.07, 6.45) is 10.1. The van der Waals surface area contributed by atoms with E-state index in [-0.39, 0.29) is 0 Å². The highest BCUT2D eigenvalue weighted by Gasteiger charge is 2.21. The van der Waals surface area contributed by atoms with Gasteiger partial charge in [0.25, 0.3) is 0 Å². The standard InChI is InChI=1S/C63H48N2/c1-2-15-43-16-13-21-48(38-43)45-28-30-46(31-29-45)49-22-14-23-53(39-49)64-59-26-11-9-24-55(59)57-40-50(33-36-61(57)64)51-34-37-62-58(41-51)56-25-10-12-27-60(56)65(62)63-42-52(44-17-5-3-6-18-44)32-35-54(63)47-19-7-4-8-20-47/h3-14,16-38,40-42,49H,2,15,39H2,1H3. The number of nitrogens with zero attached hydrogens (tertiary/aromatic N) is 2. The zero-order valence-corrected chi connectivity index (χ0v) is 36.5. The Hall–Kier alpha value is -7.94. The van der Waals surface area contributed by atoms with Crippen LogP contribution in [0.2, 0.25) is 0 Å². The first kappa shape index (κ1) is 38.7. The Morgan fingerprint density at radius 2 is 0.938 bits per heavy atom. The van der Waals surface area contributed by atoms with Crippen LogP contribution in [-0.4, -0.2) is 9.13 Å². The number of fused-ring (bicyclic) bond motifs is 6. The van der Waals surface area contributed by atoms with Crippen LogP contribution < -0.4 is 0 Å². The van der Waals surface area contributed by atoms with Gasteiger partial charge in [-0.15, -0.1) is 0 Å². The molecule has 1 aliphatic carbocycles. The second kappa shape index (κ2) is 16.3. The van der Waals surface area contributed by atoms with Gasteiger partial charge >= 0.3 is 0 Å². The van der Waals surface area contributed by atoms with E-state index >= 15 is 0 Å². The molecule has 0 amide bonds. The molecule has 2 heterocycles. The van der Waals surface area contributed by atoms with Crippen LogP contribution >= 0.6 is 0 Å². The Balaban J connectivity index is 0.924. The molecule has 2 aromatic heterocycles. The molecule has 0 spiro atoms. The molecule has 9 aromatic carbocycles. The highest BCUT2D eigenvalue weighted by molar-refractivity contribution is 6.13. The maximum Gasteiger partial charge on any atom is 0.0546 e. The predicted molar refractivity (Wildman–Crippen MR) is 277 cm³/mol. The van der Waals surface area contributed by atoms with Crippen molar-refractivity contribution in [3.8, 4) is 50.2 Å². The molecule has 2 heteroatoms. The molecule has 1 unspecified atom stereocenters. The second-order valence-electron chi connectivity index (χ2n) is 17.6. The van der Waals surface area contributed by atoms with Crippen LogP contribution in [0.1, 0.15) is 36.8 Å². The van der Waals surface area contributed by atoms with Crippen LogP contribution in [0.25, 0.3) is 99.5 Å². The highest BCUT2D eigenvalue weighted by Crippen LogP contribution is 2.42. The average Bonchev–Trinajstić information content (AvgIpc) is 3.89. The van der Waals surface area contributed by atoms with E-state index in [1.165, 1.54) is 111 Å². The smallest absolute Gasteiger partial charge is 0.0546 e. The normalized spacial score (nSPS) is 13.9. The summed E-state index contributed by atoms with van der Waals surface area (Å²) in [5.74, 6) is 0.296. The summed E-state index contributed by atoms with van der Waals surface area (Å²) in [6.45, 7) is 2.24. The first-order valence-corrected chi connectivity index (χ1v) is 23.1. The molecule has 65 heavy (non-hydrogen) atoms. The quantitative estimate of drug-likeness (QED) is 0.137. The minimum absolute atomic E-state index is 0.296. The van der Waals surface area contributed by atoms with E-state index in [0.29, 0.717) is 5.92 Å². The summed E-state index contributed by atoms with van der Waals surface area (Å²) in [7, 11) is 0. The van der Waals surface area contributed by atoms with Gasteiger partial charge in [-0.2, -0.15) is 0 Å². The zero-order chi connectivity index (χ0) is 43.3. The molecule has 1 atom stereocenters. The van der Waals surface area contributed by atoms with Crippen molar-refractivity contribution >= 4 is 49.3 Å². The topological polar surface area (TPSA) is 9.86 Å². The van der Waals surface area contributed by atoms with Gasteiger partial charge in [0.05, 0.1) is 27.8 Å². The summed E-state index contributed by atoms with van der Waals surface area (Å²) in [4.78, 5) is 0. The monoisotopic (exact) mass is 832 g/mol. The average molecular weight is 833 g/mol. The Kier molecular flexibility index (Phi) is 9.72. The third-order valence-corrected chi connectivity index (χ3v) is 13.6. The fourth-order valence-electron chi connectivity index (χ4n) is 10.4. The molecule has 0 fully saturated rings. The van der Waals surface area contributed by atoms with Gasteiger partial charge in [0.15, 0.2) is 0 Å². The Labute approximate surface area is 380 Å². The third kappa shape index (κ3) is 6.90. The molecule has 2 nitrogen and oxygen atoms in total. The summed E-state index contributed by atoms with van der Waals surface area (Å²) < 4.78 is 4.98. The summed E-state index contributed by atoms with van der Waals surface area (Å²) in [5, 5.41) is 5.03. The van der Waals surface area contributed by atoms with Crippen LogP contribution in [0.3, 0.4) is 0 Å². The van der Waals surface area contributed by atoms with Crippen molar-refractivity contribution in [1.29, 1.82) is 0 Å². The van der Waals surface area contributed by atoms with Gasteiger partial charge < -0.3 is 9.13 Å². The van der Waals surface area contributed by atoms with Crippen molar-refractivity contribution in [2.75, 3.05) is 0 Å². The van der Waals surface area contributed by atoms with Crippen molar-refractivity contribution in [3.63, 3.8) is 0 Å². The third-order valence-electron chi connectivity index (χ3n) is 13.6. The van der Waals surface area contributed by atoms with Gasteiger partial charge in [-0.3, -0.25) is 0 Å². The van der Waals surface area contributed by atoms with Gasteiger partial charge in [0.1, 0.15) is 0 Å². The maximum absolute atomic E-state index is 2.50. The number of para-hydroxylation sites is 2. The lowest BCUT2D eigenvalue weighted by atomic mass is 9.89. The Morgan fingerprint density at radius 1 is 0.415 bits per heavy atom. The van der Waals surface area contributed by atoms with E-state index in [1.807, 2.05) is 0 Å². The van der Waals surface area contributed by atoms with Crippen molar-refractivity contribution in [2.45, 2.75) is 32.1 Å². The molecule has 0 saturated carbocycles. The molecular weight excluding hydrogens is 785 g/mol. The Bertz CT molecular complexity index is 3620. The van der Waals surface area contributed by atoms with Crippen molar-refractivity contribution < 1.29 is 0 Å². The maximum atomic E-state index is 2.50. The number of benzene rings is 9. The fraction of sp³-hybridized carbons (Fsp3) is 0.0794. The van der Waals surface area contributed by atoms with E-state index < -0.39 is 0 Å². The van der Waals surface area contributed by atoms with E-state index in [1.54, 1.807) is 0 Å². The molecule has 0 saturated heterocycles. The number of hydrogen-bond acceptors (Lipinski definition) is 0. The first-order chi connectivity index (χ1) is 32.2. The number of aromatic nitrogens is 2. The molecule has 0 N–H and O–H groups in total. The number of hydrogen-bond donors (Lipinski definition) is 0. The van der Waals surface area contributed by atoms with Crippen molar-refractivity contribution in [1.82, 2.24) is 9.13 Å². The predicted octanol–water partition coefficient (Wildman–Crippen LogP) is 17.1. The van der Waals surface area contributed by atoms with Crippen molar-refractivity contribution in [3.05, 3.63) is 242 Å². The van der Waals surface area contributed by atoms with E-state index in [2.05, 4.69) is 247 Å². The van der Waals surface area contributed by atoms with Gasteiger partial charge in [-0.1, -0.05) is 195 Å². The molecule has 0 bridgehead atoms. The number of allylic oxidation sites excluding steroid dienone is 4. The van der Waals surface area contributed by atoms with Crippen LogP contribution in [0.5, 0.6) is 0 Å². The van der Waals surface area contributed by atoms with Crippen LogP contribution in [0.15, 0.2) is 231 Å². The molecule has 1 aliphatic rings. The number of rotatable bonds is 9. The molecule has 0 radical (unpaired) electrons. The summed E-state index contributed by atoms with van der Waals surface area (Å²) in [6, 6.07) is 78.6. The lowest BCUT2D eigenvalue weighted by Gasteiger charge is -2.21. The van der Waals surface area contributed by atoms with Gasteiger partial charge in [-0.25, -0.2) is 0 Å². The molecule has 0 aliphatic heterocycles. The zero-order valence-electron chi connectivity index (χ0n) is 36.5. The number of aryl methyl sites for hydroxylation is 1. The van der Waals surface area contributed by atoms with Crippen molar-refractivity contribution in [2.24, 2.45) is 0 Å². The first-order valence-electron chi connectivity index (χ1n) is 23.1. The summed E-state index contributed by atoms with van der Waals surface area (Å²) >= 11 is 0. The van der Waals surface area contributed by atoms with Crippen LogP contribution in [0, 0.1) is 0 Å². The molecule has 11 aromatic rings. The van der Waals surface area contributed by atoms with Gasteiger partial charge in [0.2, 0.25) is 0 Å². The highest BCUT2D eigenvalue weighted by atomic mass is 15.0. The largest absolute Gasteiger partial charge is 0.313 e. The molecule has 12 rings (SSSR count). The van der Waals surface area contributed by atoms with Gasteiger partial charge in [0, 0.05) is 38.7 Å². The summed E-state index contributed by atoms with van der Waals surface area (Å²) in [5.41, 5.74) is 19.9. The molecule has 310 valence electrons. The van der Waals surface area contributed by atoms with E-state index in [9.17, 15) is 0 Å². The fourth-order valence-corrected chi connectivity index (χ4v) is 10.4. The Morgan fingerprint density at radius 3 is 1.63 bits per heavy atom. The SMILES string of the molecule is CCCc1cccc(-c2ccc(C3C=CC=C(n4c5ccccc5c5cc(-c6ccc7c(c6)c6ccccc6n7-c6cc(-c7ccccc7)ccc6-c6ccccc6)ccc54)C3)cc2)c1. The minimum Gasteiger partial charge on any atom is -0.313 e. The van der Waals surface area contributed by atoms with E-state index in [0.717, 1.165) is 19.3 Å². The van der Waals surface area contributed by atoms with E-state index in [4.69, 9.17) is 0 Å².